The number of fused-ring (bicyclic) bond motifs is 2. The lowest BCUT2D eigenvalue weighted by atomic mass is 9.88. The third-order valence-electron chi connectivity index (χ3n) is 4.24. The van der Waals surface area contributed by atoms with Crippen molar-refractivity contribution in [2.45, 2.75) is 18.9 Å². The van der Waals surface area contributed by atoms with E-state index in [1.807, 2.05) is 12.1 Å². The van der Waals surface area contributed by atoms with E-state index in [-0.39, 0.29) is 6.04 Å². The number of aromatic hydroxyl groups is 1. The molecule has 0 amide bonds. The van der Waals surface area contributed by atoms with Crippen molar-refractivity contribution in [3.63, 3.8) is 0 Å². The van der Waals surface area contributed by atoms with Crippen molar-refractivity contribution in [3.05, 3.63) is 58.7 Å². The number of rotatable bonds is 1. The Balaban J connectivity index is 1.85. The zero-order valence-corrected chi connectivity index (χ0v) is 11.2. The molecular weight excluding hydrogens is 250 g/mol. The second kappa shape index (κ2) is 4.53. The highest BCUT2D eigenvalue weighted by Gasteiger charge is 2.27. The summed E-state index contributed by atoms with van der Waals surface area (Å²) >= 11 is 0. The molecule has 0 saturated heterocycles. The number of hydrogen-bond donors (Lipinski definition) is 2. The topological polar surface area (TPSA) is 41.5 Å². The monoisotopic (exact) mass is 267 g/mol. The highest BCUT2D eigenvalue weighted by atomic mass is 16.5. The van der Waals surface area contributed by atoms with E-state index in [0.29, 0.717) is 5.75 Å². The Kier molecular flexibility index (Phi) is 2.67. The Bertz CT molecular complexity index is 666. The van der Waals surface area contributed by atoms with Crippen LogP contribution in [0, 0.1) is 0 Å². The summed E-state index contributed by atoms with van der Waals surface area (Å²) in [6.45, 7) is 1.72. The Hall–Kier alpha value is -2.00. The van der Waals surface area contributed by atoms with Crippen molar-refractivity contribution >= 4 is 0 Å². The summed E-state index contributed by atoms with van der Waals surface area (Å²) in [7, 11) is 0. The predicted molar refractivity (Wildman–Crippen MR) is 77.3 cm³/mol. The van der Waals surface area contributed by atoms with E-state index < -0.39 is 0 Å². The fourth-order valence-electron chi connectivity index (χ4n) is 3.29. The standard InChI is InChI=1S/C17H17NO2/c19-13-5-4-11-6-8-18-16(15(11)10-13)14-3-1-2-12-7-9-20-17(12)14/h1-5,10,16,18-19H,6-9H2. The van der Waals surface area contributed by atoms with Crippen molar-refractivity contribution in [1.82, 2.24) is 5.32 Å². The quantitative estimate of drug-likeness (QED) is 0.834. The number of nitrogens with one attached hydrogen (secondary N) is 1. The van der Waals surface area contributed by atoms with Gasteiger partial charge in [-0.2, -0.15) is 0 Å². The molecule has 2 aromatic rings. The van der Waals surface area contributed by atoms with Crippen LogP contribution in [0.15, 0.2) is 36.4 Å². The minimum absolute atomic E-state index is 0.110. The lowest BCUT2D eigenvalue weighted by Gasteiger charge is -2.28. The SMILES string of the molecule is Oc1ccc2c(c1)C(c1cccc3c1OCC3)NCC2. The van der Waals surface area contributed by atoms with E-state index >= 15 is 0 Å². The number of ether oxygens (including phenoxy) is 1. The van der Waals surface area contributed by atoms with E-state index in [9.17, 15) is 5.11 Å². The second-order valence-electron chi connectivity index (χ2n) is 5.45. The van der Waals surface area contributed by atoms with Crippen LogP contribution in [0.25, 0.3) is 0 Å². The number of hydrogen-bond acceptors (Lipinski definition) is 3. The van der Waals surface area contributed by atoms with Gasteiger partial charge in [0.2, 0.25) is 0 Å². The summed E-state index contributed by atoms with van der Waals surface area (Å²) < 4.78 is 5.83. The van der Waals surface area contributed by atoms with Gasteiger partial charge in [-0.3, -0.25) is 0 Å². The summed E-state index contributed by atoms with van der Waals surface area (Å²) in [5, 5.41) is 13.3. The smallest absolute Gasteiger partial charge is 0.127 e. The van der Waals surface area contributed by atoms with Crippen LogP contribution in [0.1, 0.15) is 28.3 Å². The zero-order chi connectivity index (χ0) is 13.5. The van der Waals surface area contributed by atoms with Crippen LogP contribution in [0.3, 0.4) is 0 Å². The first-order chi connectivity index (χ1) is 9.83. The van der Waals surface area contributed by atoms with E-state index in [1.54, 1.807) is 6.07 Å². The third-order valence-corrected chi connectivity index (χ3v) is 4.24. The van der Waals surface area contributed by atoms with Gasteiger partial charge in [0.05, 0.1) is 12.6 Å². The van der Waals surface area contributed by atoms with Crippen molar-refractivity contribution in [2.75, 3.05) is 13.2 Å². The van der Waals surface area contributed by atoms with Crippen LogP contribution in [-0.4, -0.2) is 18.3 Å². The maximum absolute atomic E-state index is 9.79. The Morgan fingerprint density at radius 2 is 2.00 bits per heavy atom. The van der Waals surface area contributed by atoms with Crippen LogP contribution in [0.2, 0.25) is 0 Å². The van der Waals surface area contributed by atoms with E-state index in [1.165, 1.54) is 22.3 Å². The normalized spacial score (nSPS) is 20.1. The highest BCUT2D eigenvalue weighted by molar-refractivity contribution is 5.51. The van der Waals surface area contributed by atoms with Gasteiger partial charge in [0.1, 0.15) is 11.5 Å². The van der Waals surface area contributed by atoms with Crippen LogP contribution in [0.5, 0.6) is 11.5 Å². The van der Waals surface area contributed by atoms with Crippen LogP contribution in [-0.2, 0) is 12.8 Å². The van der Waals surface area contributed by atoms with Gasteiger partial charge in [0.15, 0.2) is 0 Å². The van der Waals surface area contributed by atoms with E-state index in [4.69, 9.17) is 4.74 Å². The molecule has 2 N–H and O–H groups in total. The van der Waals surface area contributed by atoms with Crippen LogP contribution in [0.4, 0.5) is 0 Å². The number of para-hydroxylation sites is 1. The Morgan fingerprint density at radius 3 is 2.95 bits per heavy atom. The fourth-order valence-corrected chi connectivity index (χ4v) is 3.29. The highest BCUT2D eigenvalue weighted by Crippen LogP contribution is 2.39. The fraction of sp³-hybridized carbons (Fsp3) is 0.294. The summed E-state index contributed by atoms with van der Waals surface area (Å²) in [6, 6.07) is 12.1. The average molecular weight is 267 g/mol. The molecule has 2 aliphatic heterocycles. The van der Waals surface area contributed by atoms with Gasteiger partial charge in [-0.15, -0.1) is 0 Å². The molecule has 0 fully saturated rings. The maximum Gasteiger partial charge on any atom is 0.127 e. The van der Waals surface area contributed by atoms with E-state index in [2.05, 4.69) is 23.5 Å². The molecule has 4 rings (SSSR count). The molecular formula is C17H17NO2. The Labute approximate surface area is 118 Å². The second-order valence-corrected chi connectivity index (χ2v) is 5.45. The summed E-state index contributed by atoms with van der Waals surface area (Å²) in [6.07, 6.45) is 1.99. The van der Waals surface area contributed by atoms with Crippen molar-refractivity contribution in [2.24, 2.45) is 0 Å². The molecule has 3 heteroatoms. The van der Waals surface area contributed by atoms with Crippen molar-refractivity contribution in [3.8, 4) is 11.5 Å². The third kappa shape index (κ3) is 1.78. The molecule has 1 unspecified atom stereocenters. The van der Waals surface area contributed by atoms with Crippen molar-refractivity contribution in [1.29, 1.82) is 0 Å². The first-order valence-corrected chi connectivity index (χ1v) is 7.13. The van der Waals surface area contributed by atoms with Crippen LogP contribution >= 0.6 is 0 Å². The molecule has 0 bridgehead atoms. The molecule has 0 saturated carbocycles. The first-order valence-electron chi connectivity index (χ1n) is 7.13. The molecule has 1 atom stereocenters. The Morgan fingerprint density at radius 1 is 1.05 bits per heavy atom. The number of benzene rings is 2. The molecule has 0 aliphatic carbocycles. The summed E-state index contributed by atoms with van der Waals surface area (Å²) in [5.41, 5.74) is 4.95. The van der Waals surface area contributed by atoms with Gasteiger partial charge in [-0.25, -0.2) is 0 Å². The van der Waals surface area contributed by atoms with Crippen molar-refractivity contribution < 1.29 is 9.84 Å². The molecule has 0 radical (unpaired) electrons. The van der Waals surface area contributed by atoms with E-state index in [0.717, 1.165) is 31.7 Å². The summed E-state index contributed by atoms with van der Waals surface area (Å²) in [4.78, 5) is 0. The summed E-state index contributed by atoms with van der Waals surface area (Å²) in [5.74, 6) is 1.35. The predicted octanol–water partition coefficient (Wildman–Crippen LogP) is 2.56. The van der Waals surface area contributed by atoms with Crippen LogP contribution < -0.4 is 10.1 Å². The molecule has 0 aromatic heterocycles. The minimum Gasteiger partial charge on any atom is -0.508 e. The molecule has 102 valence electrons. The molecule has 20 heavy (non-hydrogen) atoms. The number of phenols is 1. The zero-order valence-electron chi connectivity index (χ0n) is 11.2. The van der Waals surface area contributed by atoms with Gasteiger partial charge < -0.3 is 15.2 Å². The molecule has 2 aromatic carbocycles. The van der Waals surface area contributed by atoms with Gasteiger partial charge in [-0.05, 0) is 35.2 Å². The molecule has 3 nitrogen and oxygen atoms in total. The number of phenolic OH excluding ortho intramolecular Hbond substituents is 1. The molecule has 2 aliphatic rings. The average Bonchev–Trinajstić information content (AvgIpc) is 2.95. The van der Waals surface area contributed by atoms with Gasteiger partial charge >= 0.3 is 0 Å². The maximum atomic E-state index is 9.79. The largest absolute Gasteiger partial charge is 0.508 e. The molecule has 0 spiro atoms. The minimum atomic E-state index is 0.110. The lowest BCUT2D eigenvalue weighted by molar-refractivity contribution is 0.349. The van der Waals surface area contributed by atoms with Gasteiger partial charge in [0, 0.05) is 18.5 Å². The molecule has 2 heterocycles. The van der Waals surface area contributed by atoms with Gasteiger partial charge in [-0.1, -0.05) is 24.3 Å². The lowest BCUT2D eigenvalue weighted by Crippen LogP contribution is -2.30. The van der Waals surface area contributed by atoms with Gasteiger partial charge in [0.25, 0.3) is 0 Å². The first kappa shape index (κ1) is 11.8.